The van der Waals surface area contributed by atoms with E-state index in [0.29, 0.717) is 37.4 Å². The molecule has 1 heterocycles. The average Bonchev–Trinajstić information content (AvgIpc) is 2.55. The number of nitrogens with zero attached hydrogens (tertiary/aromatic N) is 1. The van der Waals surface area contributed by atoms with Gasteiger partial charge in [-0.2, -0.15) is 0 Å². The maximum atomic E-state index is 12.4. The predicted molar refractivity (Wildman–Crippen MR) is 87.1 cm³/mol. The van der Waals surface area contributed by atoms with Gasteiger partial charge in [0, 0.05) is 18.7 Å². The fraction of sp³-hybridized carbons (Fsp3) is 0.438. The van der Waals surface area contributed by atoms with Crippen molar-refractivity contribution in [1.29, 1.82) is 0 Å². The first-order valence-electron chi connectivity index (χ1n) is 7.54. The number of rotatable bonds is 4. The second-order valence-corrected chi connectivity index (χ2v) is 6.06. The van der Waals surface area contributed by atoms with Crippen LogP contribution in [0.1, 0.15) is 30.1 Å². The number of hydrogen-bond acceptors (Lipinski definition) is 4. The maximum Gasteiger partial charge on any atom is 0.321 e. The van der Waals surface area contributed by atoms with Crippen LogP contribution in [0.3, 0.4) is 0 Å². The summed E-state index contributed by atoms with van der Waals surface area (Å²) in [7, 11) is 1.43. The topological polar surface area (TPSA) is 122 Å². The van der Waals surface area contributed by atoms with Gasteiger partial charge in [-0.3, -0.25) is 9.59 Å². The lowest BCUT2D eigenvalue weighted by Gasteiger charge is -2.36. The van der Waals surface area contributed by atoms with E-state index < -0.39 is 17.3 Å². The number of hydrogen-bond donors (Lipinski definition) is 3. The minimum absolute atomic E-state index is 0.278. The second-order valence-electron chi connectivity index (χ2n) is 6.06. The molecule has 0 bridgehead atoms. The molecule has 2 rings (SSSR count). The highest BCUT2D eigenvalue weighted by Crippen LogP contribution is 2.32. The average molecular weight is 335 g/mol. The molecule has 24 heavy (non-hydrogen) atoms. The largest absolute Gasteiger partial charge is 0.495 e. The van der Waals surface area contributed by atoms with E-state index in [1.54, 1.807) is 17.9 Å². The number of nitrogens with two attached hydrogens (primary N) is 1. The number of urea groups is 1. The number of carbonyl (C=O) groups is 3. The van der Waals surface area contributed by atoms with Crippen molar-refractivity contribution in [3.63, 3.8) is 0 Å². The molecule has 3 amide bonds. The van der Waals surface area contributed by atoms with Crippen LogP contribution in [0.25, 0.3) is 0 Å². The number of nitrogens with one attached hydrogen (secondary N) is 1. The summed E-state index contributed by atoms with van der Waals surface area (Å²) in [5, 5.41) is 11.9. The number of carboxylic acids is 1. The van der Waals surface area contributed by atoms with Crippen LogP contribution in [0, 0.1) is 5.41 Å². The van der Waals surface area contributed by atoms with Gasteiger partial charge in [-0.05, 0) is 38.0 Å². The molecule has 1 aliphatic heterocycles. The number of carboxylic acid groups (broad SMARTS) is 1. The Balaban J connectivity index is 2.05. The summed E-state index contributed by atoms with van der Waals surface area (Å²) in [5.41, 5.74) is 5.12. The highest BCUT2D eigenvalue weighted by Gasteiger charge is 2.38. The number of amides is 3. The fourth-order valence-corrected chi connectivity index (χ4v) is 2.56. The van der Waals surface area contributed by atoms with Gasteiger partial charge in [-0.25, -0.2) is 4.79 Å². The van der Waals surface area contributed by atoms with Crippen LogP contribution < -0.4 is 15.8 Å². The van der Waals surface area contributed by atoms with Gasteiger partial charge in [0.15, 0.2) is 0 Å². The van der Waals surface area contributed by atoms with E-state index in [9.17, 15) is 19.5 Å². The van der Waals surface area contributed by atoms with E-state index in [1.807, 2.05) is 0 Å². The van der Waals surface area contributed by atoms with Crippen LogP contribution in [-0.4, -0.2) is 48.1 Å². The molecule has 0 radical (unpaired) electrons. The van der Waals surface area contributed by atoms with Gasteiger partial charge in [0.25, 0.3) is 0 Å². The van der Waals surface area contributed by atoms with E-state index in [4.69, 9.17) is 10.5 Å². The first-order chi connectivity index (χ1) is 11.3. The molecule has 0 aromatic heterocycles. The Kier molecular flexibility index (Phi) is 4.96. The summed E-state index contributed by atoms with van der Waals surface area (Å²) < 4.78 is 5.17. The van der Waals surface area contributed by atoms with E-state index in [-0.39, 0.29) is 11.6 Å². The molecule has 0 saturated carbocycles. The molecule has 8 nitrogen and oxygen atoms in total. The van der Waals surface area contributed by atoms with E-state index >= 15 is 0 Å². The van der Waals surface area contributed by atoms with Gasteiger partial charge in [-0.15, -0.1) is 0 Å². The van der Waals surface area contributed by atoms with Gasteiger partial charge in [-0.1, -0.05) is 0 Å². The third kappa shape index (κ3) is 3.58. The minimum Gasteiger partial charge on any atom is -0.495 e. The SMILES string of the molecule is COc1cc(C(N)=O)ccc1NC(=O)N1CCC(C)(C(=O)O)CC1. The van der Waals surface area contributed by atoms with Crippen molar-refractivity contribution in [2.75, 3.05) is 25.5 Å². The standard InChI is InChI=1S/C16H21N3O5/c1-16(14(21)22)5-7-19(8-6-16)15(23)18-11-4-3-10(13(17)20)9-12(11)24-2/h3-4,9H,5-8H2,1-2H3,(H2,17,20)(H,18,23)(H,21,22). The molecular weight excluding hydrogens is 314 g/mol. The zero-order valence-electron chi connectivity index (χ0n) is 13.7. The third-order valence-electron chi connectivity index (χ3n) is 4.40. The van der Waals surface area contributed by atoms with E-state index in [0.717, 1.165) is 0 Å². The lowest BCUT2D eigenvalue weighted by Crippen LogP contribution is -2.46. The molecule has 130 valence electrons. The lowest BCUT2D eigenvalue weighted by molar-refractivity contribution is -0.150. The number of methoxy groups -OCH3 is 1. The van der Waals surface area contributed by atoms with E-state index in [2.05, 4.69) is 5.32 Å². The quantitative estimate of drug-likeness (QED) is 0.770. The molecule has 1 fully saturated rings. The van der Waals surface area contributed by atoms with Crippen LogP contribution in [0.2, 0.25) is 0 Å². The molecule has 4 N–H and O–H groups in total. The molecule has 1 aromatic rings. The fourth-order valence-electron chi connectivity index (χ4n) is 2.56. The van der Waals surface area contributed by atoms with Crippen LogP contribution in [0.5, 0.6) is 5.75 Å². The van der Waals surface area contributed by atoms with Crippen molar-refractivity contribution < 1.29 is 24.2 Å². The Morgan fingerprint density at radius 3 is 2.42 bits per heavy atom. The molecule has 0 spiro atoms. The molecule has 1 saturated heterocycles. The molecule has 1 aliphatic rings. The molecule has 8 heteroatoms. The van der Waals surface area contributed by atoms with Gasteiger partial charge < -0.3 is 25.8 Å². The molecular formula is C16H21N3O5. The summed E-state index contributed by atoms with van der Waals surface area (Å²) in [6.07, 6.45) is 0.793. The first kappa shape index (κ1) is 17.6. The number of piperidine rings is 1. The van der Waals surface area contributed by atoms with Crippen LogP contribution >= 0.6 is 0 Å². The Morgan fingerprint density at radius 1 is 1.29 bits per heavy atom. The number of aliphatic carboxylic acids is 1. The summed E-state index contributed by atoms with van der Waals surface area (Å²) in [6.45, 7) is 2.41. The van der Waals surface area contributed by atoms with Crippen LogP contribution in [0.4, 0.5) is 10.5 Å². The monoisotopic (exact) mass is 335 g/mol. The first-order valence-corrected chi connectivity index (χ1v) is 7.54. The summed E-state index contributed by atoms with van der Waals surface area (Å²) in [4.78, 5) is 36.3. The van der Waals surface area contributed by atoms with Crippen molar-refractivity contribution in [3.8, 4) is 5.75 Å². The second kappa shape index (κ2) is 6.77. The third-order valence-corrected chi connectivity index (χ3v) is 4.40. The molecule has 0 atom stereocenters. The Labute approximate surface area is 139 Å². The van der Waals surface area contributed by atoms with Gasteiger partial charge in [0.2, 0.25) is 5.91 Å². The number of carbonyl (C=O) groups excluding carboxylic acids is 2. The predicted octanol–water partition coefficient (Wildman–Crippen LogP) is 1.51. The van der Waals surface area contributed by atoms with Crippen LogP contribution in [0.15, 0.2) is 18.2 Å². The van der Waals surface area contributed by atoms with Crippen molar-refractivity contribution in [2.24, 2.45) is 11.1 Å². The zero-order chi connectivity index (χ0) is 17.9. The zero-order valence-corrected chi connectivity index (χ0v) is 13.7. The van der Waals surface area contributed by atoms with Crippen molar-refractivity contribution in [1.82, 2.24) is 4.90 Å². The Bertz CT molecular complexity index is 666. The molecule has 0 aliphatic carbocycles. The minimum atomic E-state index is -0.841. The number of primary amides is 1. The van der Waals surface area contributed by atoms with Crippen LogP contribution in [-0.2, 0) is 4.79 Å². The smallest absolute Gasteiger partial charge is 0.321 e. The molecule has 0 unspecified atom stereocenters. The summed E-state index contributed by atoms with van der Waals surface area (Å²) in [6, 6.07) is 4.16. The summed E-state index contributed by atoms with van der Waals surface area (Å²) >= 11 is 0. The van der Waals surface area contributed by atoms with Gasteiger partial charge in [0.1, 0.15) is 5.75 Å². The number of anilines is 1. The Hall–Kier alpha value is -2.77. The highest BCUT2D eigenvalue weighted by molar-refractivity contribution is 5.96. The molecule has 1 aromatic carbocycles. The number of likely N-dealkylation sites (tertiary alicyclic amines) is 1. The van der Waals surface area contributed by atoms with Gasteiger partial charge in [0.05, 0.1) is 18.2 Å². The van der Waals surface area contributed by atoms with Crippen molar-refractivity contribution in [3.05, 3.63) is 23.8 Å². The maximum absolute atomic E-state index is 12.4. The highest BCUT2D eigenvalue weighted by atomic mass is 16.5. The van der Waals surface area contributed by atoms with E-state index in [1.165, 1.54) is 19.2 Å². The van der Waals surface area contributed by atoms with Gasteiger partial charge >= 0.3 is 12.0 Å². The normalized spacial score (nSPS) is 16.3. The Morgan fingerprint density at radius 2 is 1.92 bits per heavy atom. The summed E-state index contributed by atoms with van der Waals surface area (Å²) in [5.74, 6) is -1.10. The van der Waals surface area contributed by atoms with Crippen molar-refractivity contribution in [2.45, 2.75) is 19.8 Å². The van der Waals surface area contributed by atoms with Crippen molar-refractivity contribution >= 4 is 23.6 Å². The number of benzene rings is 1. The lowest BCUT2D eigenvalue weighted by atomic mass is 9.80. The number of ether oxygens (including phenoxy) is 1.